The molecule has 0 aliphatic heterocycles. The molecule has 0 atom stereocenters. The zero-order valence-electron chi connectivity index (χ0n) is 15.5. The molecule has 0 fully saturated rings. The molecule has 0 saturated heterocycles. The van der Waals surface area contributed by atoms with Crippen molar-refractivity contribution in [2.45, 2.75) is 10.9 Å². The third kappa shape index (κ3) is 4.13. The Bertz CT molecular complexity index is 1100. The van der Waals surface area contributed by atoms with Gasteiger partial charge in [0.15, 0.2) is 11.0 Å². The molecule has 0 amide bonds. The Kier molecular flexibility index (Phi) is 5.83. The molecule has 1 heterocycles. The number of hydrogen-bond donors (Lipinski definition) is 0. The van der Waals surface area contributed by atoms with E-state index in [4.69, 9.17) is 16.3 Å². The Morgan fingerprint density at radius 2 is 1.72 bits per heavy atom. The molecule has 4 rings (SSSR count). The van der Waals surface area contributed by atoms with E-state index in [-0.39, 0.29) is 5.82 Å². The van der Waals surface area contributed by atoms with Crippen LogP contribution in [0.4, 0.5) is 4.39 Å². The summed E-state index contributed by atoms with van der Waals surface area (Å²) in [5.74, 6) is 1.48. The fourth-order valence-electron chi connectivity index (χ4n) is 2.91. The zero-order valence-corrected chi connectivity index (χ0v) is 17.1. The summed E-state index contributed by atoms with van der Waals surface area (Å²) in [7, 11) is 1.63. The summed E-state index contributed by atoms with van der Waals surface area (Å²) in [5, 5.41) is 9.82. The minimum Gasteiger partial charge on any atom is -0.497 e. The van der Waals surface area contributed by atoms with E-state index in [1.54, 1.807) is 19.2 Å². The van der Waals surface area contributed by atoms with Gasteiger partial charge in [-0.15, -0.1) is 10.2 Å². The number of halogens is 2. The van der Waals surface area contributed by atoms with Gasteiger partial charge in [-0.25, -0.2) is 4.39 Å². The second-order valence-corrected chi connectivity index (χ2v) is 7.54. The van der Waals surface area contributed by atoms with Crippen molar-refractivity contribution in [1.82, 2.24) is 14.8 Å². The number of para-hydroxylation sites is 1. The normalized spacial score (nSPS) is 10.9. The summed E-state index contributed by atoms with van der Waals surface area (Å²) in [6.07, 6.45) is 0. The molecule has 0 aliphatic rings. The van der Waals surface area contributed by atoms with Crippen LogP contribution in [-0.2, 0) is 5.75 Å². The summed E-state index contributed by atoms with van der Waals surface area (Å²) in [5.41, 5.74) is 2.27. The number of ether oxygens (including phenoxy) is 1. The van der Waals surface area contributed by atoms with E-state index in [9.17, 15) is 4.39 Å². The van der Waals surface area contributed by atoms with Crippen molar-refractivity contribution in [2.75, 3.05) is 7.11 Å². The van der Waals surface area contributed by atoms with Crippen LogP contribution in [0.3, 0.4) is 0 Å². The molecule has 3 aromatic carbocycles. The molecule has 0 aliphatic carbocycles. The maximum Gasteiger partial charge on any atom is 0.196 e. The van der Waals surface area contributed by atoms with Gasteiger partial charge in [0.25, 0.3) is 0 Å². The van der Waals surface area contributed by atoms with Gasteiger partial charge in [-0.3, -0.25) is 4.57 Å². The molecule has 0 N–H and O–H groups in total. The predicted molar refractivity (Wildman–Crippen MR) is 114 cm³/mol. The highest BCUT2D eigenvalue weighted by Crippen LogP contribution is 2.32. The van der Waals surface area contributed by atoms with E-state index < -0.39 is 0 Å². The number of benzene rings is 3. The third-order valence-electron chi connectivity index (χ3n) is 4.40. The van der Waals surface area contributed by atoms with Crippen LogP contribution in [0.2, 0.25) is 5.02 Å². The second kappa shape index (κ2) is 8.68. The Morgan fingerprint density at radius 3 is 2.41 bits per heavy atom. The number of thioether (sulfide) groups is 1. The molecule has 0 unspecified atom stereocenters. The molecule has 0 saturated carbocycles. The summed E-state index contributed by atoms with van der Waals surface area (Å²) in [6.45, 7) is 0. The quantitative estimate of drug-likeness (QED) is 0.354. The zero-order chi connectivity index (χ0) is 20.2. The topological polar surface area (TPSA) is 39.9 Å². The fourth-order valence-corrected chi connectivity index (χ4v) is 4.20. The van der Waals surface area contributed by atoms with Crippen LogP contribution in [0.25, 0.3) is 17.1 Å². The van der Waals surface area contributed by atoms with Crippen LogP contribution in [-0.4, -0.2) is 21.9 Å². The summed E-state index contributed by atoms with van der Waals surface area (Å²) in [4.78, 5) is 0. The lowest BCUT2D eigenvalue weighted by Crippen LogP contribution is -2.00. The fraction of sp³-hybridized carbons (Fsp3) is 0.0909. The van der Waals surface area contributed by atoms with Gasteiger partial charge in [-0.2, -0.15) is 0 Å². The molecular weight excluding hydrogens is 409 g/mol. The summed E-state index contributed by atoms with van der Waals surface area (Å²) in [6, 6.07) is 22.1. The lowest BCUT2D eigenvalue weighted by Gasteiger charge is -2.11. The van der Waals surface area contributed by atoms with Crippen molar-refractivity contribution in [2.24, 2.45) is 0 Å². The third-order valence-corrected chi connectivity index (χ3v) is 5.71. The molecule has 0 bridgehead atoms. The van der Waals surface area contributed by atoms with Crippen LogP contribution in [0, 0.1) is 5.82 Å². The molecule has 0 radical (unpaired) electrons. The van der Waals surface area contributed by atoms with E-state index in [0.29, 0.717) is 27.3 Å². The number of hydrogen-bond acceptors (Lipinski definition) is 4. The summed E-state index contributed by atoms with van der Waals surface area (Å²) < 4.78 is 21.4. The monoisotopic (exact) mass is 425 g/mol. The molecular formula is C22H17ClFN3OS. The first-order valence-corrected chi connectivity index (χ1v) is 10.2. The maximum atomic E-state index is 14.2. The van der Waals surface area contributed by atoms with Gasteiger partial charge in [0, 0.05) is 27.6 Å². The van der Waals surface area contributed by atoms with Gasteiger partial charge in [-0.1, -0.05) is 47.6 Å². The van der Waals surface area contributed by atoms with Crippen LogP contribution in [0.1, 0.15) is 5.56 Å². The number of nitrogens with zero attached hydrogens (tertiary/aromatic N) is 3. The van der Waals surface area contributed by atoms with E-state index >= 15 is 0 Å². The highest BCUT2D eigenvalue weighted by molar-refractivity contribution is 7.98. The van der Waals surface area contributed by atoms with Gasteiger partial charge < -0.3 is 4.74 Å². The van der Waals surface area contributed by atoms with Gasteiger partial charge in [0.2, 0.25) is 0 Å². The minimum absolute atomic E-state index is 0.328. The Labute approximate surface area is 177 Å². The van der Waals surface area contributed by atoms with Crippen molar-refractivity contribution in [3.63, 3.8) is 0 Å². The Hall–Kier alpha value is -2.83. The van der Waals surface area contributed by atoms with Crippen molar-refractivity contribution >= 4 is 23.4 Å². The number of methoxy groups -OCH3 is 1. The maximum absolute atomic E-state index is 14.2. The van der Waals surface area contributed by atoms with E-state index in [2.05, 4.69) is 10.2 Å². The molecule has 7 heteroatoms. The minimum atomic E-state index is -0.328. The van der Waals surface area contributed by atoms with E-state index in [0.717, 1.165) is 17.0 Å². The first-order chi connectivity index (χ1) is 14.2. The molecule has 4 nitrogen and oxygen atoms in total. The molecule has 1 aromatic heterocycles. The van der Waals surface area contributed by atoms with Gasteiger partial charge in [0.05, 0.1) is 7.11 Å². The molecule has 29 heavy (non-hydrogen) atoms. The second-order valence-electron chi connectivity index (χ2n) is 6.19. The van der Waals surface area contributed by atoms with Crippen LogP contribution >= 0.6 is 23.4 Å². The van der Waals surface area contributed by atoms with Crippen LogP contribution in [0.15, 0.2) is 78.0 Å². The average Bonchev–Trinajstić information content (AvgIpc) is 3.18. The lowest BCUT2D eigenvalue weighted by molar-refractivity contribution is 0.415. The van der Waals surface area contributed by atoms with Crippen molar-refractivity contribution in [3.8, 4) is 22.8 Å². The molecule has 4 aromatic rings. The smallest absolute Gasteiger partial charge is 0.196 e. The van der Waals surface area contributed by atoms with Crippen molar-refractivity contribution < 1.29 is 9.13 Å². The number of aromatic nitrogens is 3. The Balaban J connectivity index is 1.73. The van der Waals surface area contributed by atoms with Crippen LogP contribution in [0.5, 0.6) is 5.75 Å². The molecule has 0 spiro atoms. The SMILES string of the molecule is COc1ccc(-c2nnc(SCc3c(F)cccc3Cl)n2-c2ccccc2)cc1. The van der Waals surface area contributed by atoms with Gasteiger partial charge in [-0.05, 0) is 48.5 Å². The van der Waals surface area contributed by atoms with E-state index in [1.165, 1.54) is 17.8 Å². The van der Waals surface area contributed by atoms with Crippen molar-refractivity contribution in [3.05, 3.63) is 89.2 Å². The first kappa shape index (κ1) is 19.5. The predicted octanol–water partition coefficient (Wildman–Crippen LogP) is 6.03. The number of rotatable bonds is 6. The highest BCUT2D eigenvalue weighted by atomic mass is 35.5. The van der Waals surface area contributed by atoms with Gasteiger partial charge in [0.1, 0.15) is 11.6 Å². The van der Waals surface area contributed by atoms with Gasteiger partial charge >= 0.3 is 0 Å². The largest absolute Gasteiger partial charge is 0.497 e. The standard InChI is InChI=1S/C22H17ClFN3OS/c1-28-17-12-10-15(11-13-17)21-25-26-22(27(21)16-6-3-2-4-7-16)29-14-18-19(23)8-5-9-20(18)24/h2-13H,14H2,1H3. The van der Waals surface area contributed by atoms with Crippen molar-refractivity contribution in [1.29, 1.82) is 0 Å². The molecule has 146 valence electrons. The summed E-state index contributed by atoms with van der Waals surface area (Å²) >= 11 is 7.56. The Morgan fingerprint density at radius 1 is 0.966 bits per heavy atom. The highest BCUT2D eigenvalue weighted by Gasteiger charge is 2.17. The van der Waals surface area contributed by atoms with E-state index in [1.807, 2.05) is 59.2 Å². The van der Waals surface area contributed by atoms with Crippen LogP contribution < -0.4 is 4.74 Å². The first-order valence-electron chi connectivity index (χ1n) is 8.88. The lowest BCUT2D eigenvalue weighted by atomic mass is 10.2. The average molecular weight is 426 g/mol.